The normalized spacial score (nSPS) is 10.5. The fourth-order valence-electron chi connectivity index (χ4n) is 1.69. The van der Waals surface area contributed by atoms with Crippen molar-refractivity contribution in [1.29, 1.82) is 0 Å². The summed E-state index contributed by atoms with van der Waals surface area (Å²) in [7, 11) is 0. The van der Waals surface area contributed by atoms with Crippen molar-refractivity contribution < 1.29 is 9.59 Å². The first-order chi connectivity index (χ1) is 9.83. The van der Waals surface area contributed by atoms with Crippen molar-refractivity contribution in [1.82, 2.24) is 0 Å². The number of carbonyl (C=O) groups excluding carboxylic acids is 2. The number of hydrogen-bond acceptors (Lipinski definition) is 2. The molecule has 0 aromatic carbocycles. The minimum Gasteiger partial charge on any atom is -0.299 e. The average Bonchev–Trinajstić information content (AvgIpc) is 2.47. The zero-order chi connectivity index (χ0) is 15.3. The van der Waals surface area contributed by atoms with Crippen LogP contribution in [-0.4, -0.2) is 12.6 Å². The molecule has 0 N–H and O–H groups in total. The van der Waals surface area contributed by atoms with Crippen LogP contribution in [0, 0.1) is 0 Å². The van der Waals surface area contributed by atoms with E-state index in [2.05, 4.69) is 13.8 Å². The summed E-state index contributed by atoms with van der Waals surface area (Å²) in [5.74, 6) is 0. The van der Waals surface area contributed by atoms with Gasteiger partial charge in [0.05, 0.1) is 0 Å². The molecule has 0 amide bonds. The predicted molar refractivity (Wildman–Crippen MR) is 87.9 cm³/mol. The van der Waals surface area contributed by atoms with Gasteiger partial charge in [0, 0.05) is 0 Å². The summed E-state index contributed by atoms with van der Waals surface area (Å²) in [6.07, 6.45) is 21.2. The average molecular weight is 280 g/mol. The van der Waals surface area contributed by atoms with Crippen LogP contribution in [0.4, 0.5) is 0 Å². The second-order valence-electron chi connectivity index (χ2n) is 4.83. The molecule has 0 aromatic heterocycles. The first kappa shape index (κ1) is 21.1. The van der Waals surface area contributed by atoms with Gasteiger partial charge in [-0.15, -0.1) is 0 Å². The topological polar surface area (TPSA) is 34.1 Å². The lowest BCUT2D eigenvalue weighted by molar-refractivity contribution is -0.104. The third-order valence-corrected chi connectivity index (χ3v) is 2.86. The highest BCUT2D eigenvalue weighted by Crippen LogP contribution is 2.08. The number of unbranched alkanes of at least 4 members (excludes halogenated alkanes) is 8. The maximum Gasteiger partial charge on any atom is 0.142 e. The van der Waals surface area contributed by atoms with Crippen LogP contribution >= 0.6 is 0 Å². The minimum absolute atomic E-state index is 0.801. The molecule has 0 spiro atoms. The van der Waals surface area contributed by atoms with Gasteiger partial charge in [-0.3, -0.25) is 9.59 Å². The molecule has 0 heterocycles. The Balaban J connectivity index is 0. The van der Waals surface area contributed by atoms with Crippen molar-refractivity contribution >= 4 is 12.6 Å². The lowest BCUT2D eigenvalue weighted by Gasteiger charge is -1.98. The molecule has 0 aliphatic carbocycles. The van der Waals surface area contributed by atoms with E-state index in [4.69, 9.17) is 0 Å². The molecule has 0 fully saturated rings. The summed E-state index contributed by atoms with van der Waals surface area (Å²) in [4.78, 5) is 19.5. The van der Waals surface area contributed by atoms with E-state index in [-0.39, 0.29) is 0 Å². The lowest BCUT2D eigenvalue weighted by Crippen LogP contribution is -1.78. The standard InChI is InChI=1S/C12H22O.C6H10O/c1-2-3-4-5-6-7-8-9-10-11-12-13;1-2-3-4-5-6-7/h10-12H,2-9H2,1H3;4-6H,2-3H2,1H3/b11-10+;5-4+. The first-order valence-electron chi connectivity index (χ1n) is 8.04. The molecule has 0 aromatic rings. The Hall–Kier alpha value is -1.18. The Morgan fingerprint density at radius 1 is 0.600 bits per heavy atom. The smallest absolute Gasteiger partial charge is 0.142 e. The van der Waals surface area contributed by atoms with Gasteiger partial charge in [0.25, 0.3) is 0 Å². The summed E-state index contributed by atoms with van der Waals surface area (Å²) in [6, 6.07) is 0. The van der Waals surface area contributed by atoms with Gasteiger partial charge in [-0.1, -0.05) is 70.9 Å². The Labute approximate surface area is 125 Å². The molecular weight excluding hydrogens is 248 g/mol. The second kappa shape index (κ2) is 23.0. The van der Waals surface area contributed by atoms with Crippen LogP contribution in [0.5, 0.6) is 0 Å². The van der Waals surface area contributed by atoms with Crippen LogP contribution in [0.3, 0.4) is 0 Å². The number of aldehydes is 2. The van der Waals surface area contributed by atoms with Crippen LogP contribution in [0.1, 0.15) is 78.1 Å². The van der Waals surface area contributed by atoms with Gasteiger partial charge in [0.2, 0.25) is 0 Å². The highest BCUT2D eigenvalue weighted by molar-refractivity contribution is 5.64. The van der Waals surface area contributed by atoms with Crippen molar-refractivity contribution in [2.24, 2.45) is 0 Å². The molecular formula is C18H32O2. The van der Waals surface area contributed by atoms with Crippen molar-refractivity contribution in [2.75, 3.05) is 0 Å². The minimum atomic E-state index is 0.801. The van der Waals surface area contributed by atoms with E-state index in [9.17, 15) is 9.59 Å². The molecule has 20 heavy (non-hydrogen) atoms. The molecule has 0 aliphatic rings. The summed E-state index contributed by atoms with van der Waals surface area (Å²) < 4.78 is 0. The molecule has 0 aliphatic heterocycles. The molecule has 116 valence electrons. The van der Waals surface area contributed by atoms with Gasteiger partial charge in [0.15, 0.2) is 0 Å². The Bertz CT molecular complexity index is 242. The Morgan fingerprint density at radius 2 is 1.10 bits per heavy atom. The number of carbonyl (C=O) groups is 2. The number of rotatable bonds is 12. The molecule has 0 bridgehead atoms. The van der Waals surface area contributed by atoms with E-state index in [1.165, 1.54) is 51.0 Å². The zero-order valence-electron chi connectivity index (χ0n) is 13.4. The Kier molecular flexibility index (Phi) is 24.2. The van der Waals surface area contributed by atoms with Crippen LogP contribution in [0.15, 0.2) is 24.3 Å². The fraction of sp³-hybridized carbons (Fsp3) is 0.667. The van der Waals surface area contributed by atoms with Crippen molar-refractivity contribution in [3.05, 3.63) is 24.3 Å². The largest absolute Gasteiger partial charge is 0.299 e. The monoisotopic (exact) mass is 280 g/mol. The molecule has 0 saturated heterocycles. The predicted octanol–water partition coefficient (Wildman–Crippen LogP) is 5.42. The van der Waals surface area contributed by atoms with Gasteiger partial charge in [-0.05, 0) is 31.4 Å². The first-order valence-corrected chi connectivity index (χ1v) is 8.04. The van der Waals surface area contributed by atoms with Gasteiger partial charge < -0.3 is 0 Å². The second-order valence-corrected chi connectivity index (χ2v) is 4.83. The van der Waals surface area contributed by atoms with Crippen LogP contribution in [-0.2, 0) is 9.59 Å². The van der Waals surface area contributed by atoms with Crippen molar-refractivity contribution in [3.8, 4) is 0 Å². The van der Waals surface area contributed by atoms with E-state index >= 15 is 0 Å². The van der Waals surface area contributed by atoms with E-state index in [0.717, 1.165) is 31.8 Å². The molecule has 2 heteroatoms. The SMILES string of the molecule is CCC/C=C/C=O.CCCCCCCCC/C=C/C=O. The zero-order valence-corrected chi connectivity index (χ0v) is 13.4. The molecule has 0 radical (unpaired) electrons. The van der Waals surface area contributed by atoms with E-state index in [0.29, 0.717) is 0 Å². The summed E-state index contributed by atoms with van der Waals surface area (Å²) >= 11 is 0. The van der Waals surface area contributed by atoms with Crippen LogP contribution in [0.2, 0.25) is 0 Å². The maximum atomic E-state index is 9.93. The number of hydrogen-bond donors (Lipinski definition) is 0. The lowest BCUT2D eigenvalue weighted by atomic mass is 10.1. The molecule has 0 atom stereocenters. The molecule has 0 unspecified atom stereocenters. The van der Waals surface area contributed by atoms with Crippen molar-refractivity contribution in [2.45, 2.75) is 78.1 Å². The summed E-state index contributed by atoms with van der Waals surface area (Å²) in [5.41, 5.74) is 0. The highest BCUT2D eigenvalue weighted by Gasteiger charge is 1.88. The third-order valence-electron chi connectivity index (χ3n) is 2.86. The van der Waals surface area contributed by atoms with Gasteiger partial charge in [-0.25, -0.2) is 0 Å². The van der Waals surface area contributed by atoms with E-state index < -0.39 is 0 Å². The van der Waals surface area contributed by atoms with Gasteiger partial charge in [0.1, 0.15) is 12.6 Å². The molecule has 2 nitrogen and oxygen atoms in total. The van der Waals surface area contributed by atoms with Gasteiger partial charge in [-0.2, -0.15) is 0 Å². The Morgan fingerprint density at radius 3 is 1.60 bits per heavy atom. The summed E-state index contributed by atoms with van der Waals surface area (Å²) in [6.45, 7) is 4.32. The van der Waals surface area contributed by atoms with Gasteiger partial charge >= 0.3 is 0 Å². The fourth-order valence-corrected chi connectivity index (χ4v) is 1.69. The molecule has 0 saturated carbocycles. The summed E-state index contributed by atoms with van der Waals surface area (Å²) in [5, 5.41) is 0. The third kappa shape index (κ3) is 25.6. The van der Waals surface area contributed by atoms with E-state index in [1.54, 1.807) is 6.08 Å². The number of allylic oxidation sites excluding steroid dienone is 4. The quantitative estimate of drug-likeness (QED) is 0.271. The van der Waals surface area contributed by atoms with E-state index in [1.807, 2.05) is 12.2 Å². The highest BCUT2D eigenvalue weighted by atomic mass is 16.1. The van der Waals surface area contributed by atoms with Crippen LogP contribution < -0.4 is 0 Å². The maximum absolute atomic E-state index is 9.93. The van der Waals surface area contributed by atoms with Crippen LogP contribution in [0.25, 0.3) is 0 Å². The molecule has 0 rings (SSSR count). The van der Waals surface area contributed by atoms with Crippen molar-refractivity contribution in [3.63, 3.8) is 0 Å².